The monoisotopic (exact) mass is 297 g/mol. The first-order valence-electron chi connectivity index (χ1n) is 7.69. The van der Waals surface area contributed by atoms with Crippen LogP contribution >= 0.6 is 11.3 Å². The van der Waals surface area contributed by atoms with Crippen LogP contribution in [0.3, 0.4) is 0 Å². The summed E-state index contributed by atoms with van der Waals surface area (Å²) in [5.41, 5.74) is 1.09. The molecular weight excluding hydrogens is 270 g/mol. The Hall–Kier alpha value is -0.650. The summed E-state index contributed by atoms with van der Waals surface area (Å²) in [6.45, 7) is 9.07. The molecule has 1 aromatic heterocycles. The molecule has 1 unspecified atom stereocenters. The molecule has 2 heterocycles. The average Bonchev–Trinajstić information content (AvgIpc) is 3.12. The van der Waals surface area contributed by atoms with Crippen molar-refractivity contribution in [3.05, 3.63) is 10.6 Å². The number of hydrogen-bond acceptors (Lipinski definition) is 5. The predicted octanol–water partition coefficient (Wildman–Crippen LogP) is 2.68. The molecule has 1 saturated heterocycles. The first-order chi connectivity index (χ1) is 9.65. The molecule has 1 N–H and O–H groups in total. The second kappa shape index (κ2) is 7.38. The molecule has 20 heavy (non-hydrogen) atoms. The van der Waals surface area contributed by atoms with Crippen molar-refractivity contribution in [2.24, 2.45) is 0 Å². The van der Waals surface area contributed by atoms with E-state index in [9.17, 15) is 5.11 Å². The van der Waals surface area contributed by atoms with Crippen molar-refractivity contribution in [1.29, 1.82) is 0 Å². The molecular formula is C15H27N3OS. The minimum Gasteiger partial charge on any atom is -0.391 e. The fraction of sp³-hybridized carbons (Fsp3) is 0.800. The average molecular weight is 297 g/mol. The van der Waals surface area contributed by atoms with Crippen LogP contribution in [0.25, 0.3) is 0 Å². The lowest BCUT2D eigenvalue weighted by atomic mass is 10.0. The maximum Gasteiger partial charge on any atom is 0.185 e. The van der Waals surface area contributed by atoms with E-state index in [1.807, 2.05) is 0 Å². The lowest BCUT2D eigenvalue weighted by Crippen LogP contribution is -2.31. The Morgan fingerprint density at radius 2 is 2.10 bits per heavy atom. The SMILES string of the molecule is CCC(C)c1nc(N(C)CCN2CCCC2)sc1CO. The third kappa shape index (κ3) is 3.71. The molecule has 1 atom stereocenters. The Morgan fingerprint density at radius 3 is 2.70 bits per heavy atom. The number of hydrogen-bond donors (Lipinski definition) is 1. The van der Waals surface area contributed by atoms with Crippen molar-refractivity contribution in [3.8, 4) is 0 Å². The molecule has 0 spiro atoms. The largest absolute Gasteiger partial charge is 0.391 e. The summed E-state index contributed by atoms with van der Waals surface area (Å²) in [6.07, 6.45) is 3.75. The van der Waals surface area contributed by atoms with E-state index >= 15 is 0 Å². The van der Waals surface area contributed by atoms with Crippen molar-refractivity contribution >= 4 is 16.5 Å². The lowest BCUT2D eigenvalue weighted by Gasteiger charge is -2.20. The molecule has 0 saturated carbocycles. The Morgan fingerprint density at radius 1 is 1.40 bits per heavy atom. The van der Waals surface area contributed by atoms with Gasteiger partial charge in [-0.2, -0.15) is 0 Å². The zero-order valence-corrected chi connectivity index (χ0v) is 13.7. The van der Waals surface area contributed by atoms with Gasteiger partial charge in [0.1, 0.15) is 0 Å². The van der Waals surface area contributed by atoms with E-state index in [2.05, 4.69) is 30.7 Å². The normalized spacial score (nSPS) is 17.6. The minimum atomic E-state index is 0.108. The molecule has 4 nitrogen and oxygen atoms in total. The third-order valence-corrected chi connectivity index (χ3v) is 5.39. The van der Waals surface area contributed by atoms with Gasteiger partial charge in [0.15, 0.2) is 5.13 Å². The van der Waals surface area contributed by atoms with E-state index in [1.165, 1.54) is 25.9 Å². The summed E-state index contributed by atoms with van der Waals surface area (Å²) in [6, 6.07) is 0. The molecule has 114 valence electrons. The van der Waals surface area contributed by atoms with Gasteiger partial charge in [-0.05, 0) is 38.3 Å². The number of aliphatic hydroxyl groups excluding tert-OH is 1. The number of likely N-dealkylation sites (tertiary alicyclic amines) is 1. The molecule has 1 aliphatic rings. The molecule has 2 rings (SSSR count). The van der Waals surface area contributed by atoms with Gasteiger partial charge in [0.2, 0.25) is 0 Å². The van der Waals surface area contributed by atoms with E-state index in [4.69, 9.17) is 4.98 Å². The van der Waals surface area contributed by atoms with Crippen LogP contribution in [0, 0.1) is 0 Å². The van der Waals surface area contributed by atoms with Crippen molar-refractivity contribution < 1.29 is 5.11 Å². The van der Waals surface area contributed by atoms with Gasteiger partial charge >= 0.3 is 0 Å². The summed E-state index contributed by atoms with van der Waals surface area (Å²) in [5, 5.41) is 10.5. The topological polar surface area (TPSA) is 39.6 Å². The van der Waals surface area contributed by atoms with Crippen LogP contribution in [-0.4, -0.2) is 48.2 Å². The highest BCUT2D eigenvalue weighted by Crippen LogP contribution is 2.31. The number of rotatable bonds is 7. The Kier molecular flexibility index (Phi) is 5.81. The molecule has 0 radical (unpaired) electrons. The standard InChI is InChI=1S/C15H27N3OS/c1-4-12(2)14-13(11-19)20-15(16-14)17(3)9-10-18-7-5-6-8-18/h12,19H,4-11H2,1-3H3. The quantitative estimate of drug-likeness (QED) is 0.840. The number of thiazole rings is 1. The maximum atomic E-state index is 9.50. The second-order valence-electron chi connectivity index (χ2n) is 5.74. The van der Waals surface area contributed by atoms with Gasteiger partial charge in [-0.25, -0.2) is 4.98 Å². The number of aromatic nitrogens is 1. The summed E-state index contributed by atoms with van der Waals surface area (Å²) in [7, 11) is 2.11. The highest BCUT2D eigenvalue weighted by atomic mass is 32.1. The zero-order chi connectivity index (χ0) is 14.5. The van der Waals surface area contributed by atoms with Gasteiger partial charge in [-0.1, -0.05) is 25.2 Å². The van der Waals surface area contributed by atoms with Crippen LogP contribution in [0.15, 0.2) is 0 Å². The van der Waals surface area contributed by atoms with E-state index in [-0.39, 0.29) is 6.61 Å². The highest BCUT2D eigenvalue weighted by Gasteiger charge is 2.18. The summed E-state index contributed by atoms with van der Waals surface area (Å²) in [5.74, 6) is 0.425. The van der Waals surface area contributed by atoms with Crippen LogP contribution in [0.2, 0.25) is 0 Å². The zero-order valence-electron chi connectivity index (χ0n) is 12.9. The molecule has 1 fully saturated rings. The van der Waals surface area contributed by atoms with Gasteiger partial charge < -0.3 is 14.9 Å². The summed E-state index contributed by atoms with van der Waals surface area (Å²) >= 11 is 1.64. The van der Waals surface area contributed by atoms with Gasteiger partial charge in [0.05, 0.1) is 17.2 Å². The van der Waals surface area contributed by atoms with Crippen LogP contribution in [0.5, 0.6) is 0 Å². The molecule has 0 amide bonds. The van der Waals surface area contributed by atoms with Gasteiger partial charge in [0, 0.05) is 20.1 Å². The fourth-order valence-electron chi connectivity index (χ4n) is 2.60. The molecule has 0 aliphatic carbocycles. The van der Waals surface area contributed by atoms with Gasteiger partial charge in [0.25, 0.3) is 0 Å². The van der Waals surface area contributed by atoms with Crippen LogP contribution < -0.4 is 4.90 Å². The molecule has 5 heteroatoms. The van der Waals surface area contributed by atoms with Gasteiger partial charge in [-0.3, -0.25) is 0 Å². The fourth-order valence-corrected chi connectivity index (χ4v) is 3.63. The smallest absolute Gasteiger partial charge is 0.185 e. The van der Waals surface area contributed by atoms with Crippen LogP contribution in [0.4, 0.5) is 5.13 Å². The first kappa shape index (κ1) is 15.7. The molecule has 1 aliphatic heterocycles. The van der Waals surface area contributed by atoms with Crippen molar-refractivity contribution in [2.45, 2.75) is 45.6 Å². The second-order valence-corrected chi connectivity index (χ2v) is 6.80. The Bertz CT molecular complexity index is 415. The predicted molar refractivity (Wildman–Crippen MR) is 85.7 cm³/mol. The number of likely N-dealkylation sites (N-methyl/N-ethyl adjacent to an activating group) is 1. The molecule has 0 aromatic carbocycles. The van der Waals surface area contributed by atoms with Crippen molar-refractivity contribution in [2.75, 3.05) is 38.1 Å². The Balaban J connectivity index is 1.97. The van der Waals surface area contributed by atoms with Crippen molar-refractivity contribution in [3.63, 3.8) is 0 Å². The summed E-state index contributed by atoms with van der Waals surface area (Å²) in [4.78, 5) is 10.5. The minimum absolute atomic E-state index is 0.108. The van der Waals surface area contributed by atoms with Gasteiger partial charge in [-0.15, -0.1) is 0 Å². The number of aliphatic hydroxyl groups is 1. The van der Waals surface area contributed by atoms with E-state index in [1.54, 1.807) is 11.3 Å². The first-order valence-corrected chi connectivity index (χ1v) is 8.51. The van der Waals surface area contributed by atoms with Crippen LogP contribution in [0.1, 0.15) is 49.6 Å². The molecule has 0 bridgehead atoms. The van der Waals surface area contributed by atoms with E-state index in [0.29, 0.717) is 5.92 Å². The lowest BCUT2D eigenvalue weighted by molar-refractivity contribution is 0.283. The van der Waals surface area contributed by atoms with Crippen molar-refractivity contribution in [1.82, 2.24) is 9.88 Å². The van der Waals surface area contributed by atoms with E-state index in [0.717, 1.165) is 35.2 Å². The highest BCUT2D eigenvalue weighted by molar-refractivity contribution is 7.15. The molecule has 1 aromatic rings. The number of nitrogens with zero attached hydrogens (tertiary/aromatic N) is 3. The maximum absolute atomic E-state index is 9.50. The Labute approximate surface area is 126 Å². The number of anilines is 1. The third-order valence-electron chi connectivity index (χ3n) is 4.22. The van der Waals surface area contributed by atoms with E-state index < -0.39 is 0 Å². The van der Waals surface area contributed by atoms with Crippen LogP contribution in [-0.2, 0) is 6.61 Å². The summed E-state index contributed by atoms with van der Waals surface area (Å²) < 4.78 is 0.